The number of hydrogen-bond donors (Lipinski definition) is 1. The van der Waals surface area contributed by atoms with Crippen LogP contribution in [0.1, 0.15) is 18.9 Å². The van der Waals surface area contributed by atoms with E-state index in [4.69, 9.17) is 5.73 Å². The fourth-order valence-electron chi connectivity index (χ4n) is 1.45. The molecule has 0 saturated heterocycles. The van der Waals surface area contributed by atoms with Crippen LogP contribution < -0.4 is 5.73 Å². The average molecular weight is 242 g/mol. The Labute approximate surface area is 99.2 Å². The number of benzene rings is 1. The molecule has 5 heteroatoms. The lowest BCUT2D eigenvalue weighted by Crippen LogP contribution is -2.40. The second-order valence-electron chi connectivity index (χ2n) is 3.96. The van der Waals surface area contributed by atoms with Crippen LogP contribution in [0.2, 0.25) is 0 Å². The largest absolute Gasteiger partial charge is 0.340 e. The maximum atomic E-state index is 13.0. The van der Waals surface area contributed by atoms with Crippen LogP contribution in [0.3, 0.4) is 0 Å². The third kappa shape index (κ3) is 3.49. The van der Waals surface area contributed by atoms with Crippen LogP contribution in [-0.2, 0) is 11.3 Å². The molecule has 0 radical (unpaired) electrons. The van der Waals surface area contributed by atoms with Gasteiger partial charge in [-0.1, -0.05) is 13.0 Å². The van der Waals surface area contributed by atoms with Gasteiger partial charge >= 0.3 is 0 Å². The molecule has 0 spiro atoms. The van der Waals surface area contributed by atoms with E-state index < -0.39 is 17.7 Å². The number of carbonyl (C=O) groups excluding carboxylic acids is 1. The third-order valence-corrected chi connectivity index (χ3v) is 2.54. The van der Waals surface area contributed by atoms with Crippen molar-refractivity contribution in [2.75, 3.05) is 7.05 Å². The van der Waals surface area contributed by atoms with Gasteiger partial charge in [0, 0.05) is 13.6 Å². The number of carbonyl (C=O) groups is 1. The van der Waals surface area contributed by atoms with Gasteiger partial charge in [-0.05, 0) is 24.1 Å². The van der Waals surface area contributed by atoms with E-state index in [1.807, 2.05) is 6.92 Å². The van der Waals surface area contributed by atoms with Crippen molar-refractivity contribution < 1.29 is 13.6 Å². The summed E-state index contributed by atoms with van der Waals surface area (Å²) >= 11 is 0. The first kappa shape index (κ1) is 13.6. The first-order valence-corrected chi connectivity index (χ1v) is 5.40. The number of amides is 1. The zero-order valence-electron chi connectivity index (χ0n) is 9.91. The van der Waals surface area contributed by atoms with Crippen molar-refractivity contribution >= 4 is 5.91 Å². The number of rotatable bonds is 4. The molecule has 0 aliphatic carbocycles. The normalized spacial score (nSPS) is 12.3. The van der Waals surface area contributed by atoms with Crippen molar-refractivity contribution in [3.05, 3.63) is 35.4 Å². The van der Waals surface area contributed by atoms with Gasteiger partial charge in [0.2, 0.25) is 5.91 Å². The van der Waals surface area contributed by atoms with Crippen LogP contribution in [0.4, 0.5) is 8.78 Å². The summed E-state index contributed by atoms with van der Waals surface area (Å²) in [6, 6.07) is 3.02. The van der Waals surface area contributed by atoms with Crippen molar-refractivity contribution in [2.45, 2.75) is 25.9 Å². The number of likely N-dealkylation sites (N-methyl/N-ethyl adjacent to an activating group) is 1. The highest BCUT2D eigenvalue weighted by molar-refractivity contribution is 5.81. The summed E-state index contributed by atoms with van der Waals surface area (Å²) in [6.45, 7) is 2.03. The van der Waals surface area contributed by atoms with Crippen LogP contribution in [-0.4, -0.2) is 23.9 Å². The lowest BCUT2D eigenvalue weighted by atomic mass is 10.1. The van der Waals surface area contributed by atoms with Crippen molar-refractivity contribution in [3.8, 4) is 0 Å². The lowest BCUT2D eigenvalue weighted by molar-refractivity contribution is -0.131. The monoisotopic (exact) mass is 242 g/mol. The summed E-state index contributed by atoms with van der Waals surface area (Å²) in [5, 5.41) is 0. The second kappa shape index (κ2) is 5.72. The van der Waals surface area contributed by atoms with Crippen molar-refractivity contribution in [3.63, 3.8) is 0 Å². The Hall–Kier alpha value is -1.49. The predicted molar refractivity (Wildman–Crippen MR) is 61.1 cm³/mol. The van der Waals surface area contributed by atoms with Crippen molar-refractivity contribution in [1.29, 1.82) is 0 Å². The first-order valence-electron chi connectivity index (χ1n) is 5.40. The first-order chi connectivity index (χ1) is 7.95. The summed E-state index contributed by atoms with van der Waals surface area (Å²) in [5.74, 6) is -2.02. The number of nitrogens with zero attached hydrogens (tertiary/aromatic N) is 1. The molecule has 17 heavy (non-hydrogen) atoms. The fraction of sp³-hybridized carbons (Fsp3) is 0.417. The number of halogens is 2. The van der Waals surface area contributed by atoms with Gasteiger partial charge < -0.3 is 10.6 Å². The summed E-state index contributed by atoms with van der Waals surface area (Å²) in [6.07, 6.45) is 0.543. The zero-order valence-corrected chi connectivity index (χ0v) is 9.91. The highest BCUT2D eigenvalue weighted by Gasteiger charge is 2.16. The van der Waals surface area contributed by atoms with Gasteiger partial charge in [0.1, 0.15) is 0 Å². The van der Waals surface area contributed by atoms with Crippen LogP contribution in [0.15, 0.2) is 18.2 Å². The zero-order chi connectivity index (χ0) is 13.0. The van der Waals surface area contributed by atoms with Gasteiger partial charge in [-0.2, -0.15) is 0 Å². The van der Waals surface area contributed by atoms with E-state index in [1.54, 1.807) is 7.05 Å². The number of nitrogens with two attached hydrogens (primary N) is 1. The van der Waals surface area contributed by atoms with Crippen LogP contribution in [0.25, 0.3) is 0 Å². The molecular formula is C12H16F2N2O. The Bertz CT molecular complexity index is 409. The molecule has 0 bridgehead atoms. The SMILES string of the molecule is CC[C@@H](N)C(=O)N(C)Cc1ccc(F)c(F)c1. The Kier molecular flexibility index (Phi) is 4.57. The standard InChI is InChI=1S/C12H16F2N2O/c1-3-11(15)12(17)16(2)7-8-4-5-9(13)10(14)6-8/h4-6,11H,3,7,15H2,1-2H3/t11-/m1/s1. The predicted octanol–water partition coefficient (Wildman–Crippen LogP) is 1.66. The molecule has 94 valence electrons. The quantitative estimate of drug-likeness (QED) is 0.872. The molecule has 3 nitrogen and oxygen atoms in total. The Morgan fingerprint density at radius 3 is 2.59 bits per heavy atom. The van der Waals surface area contributed by atoms with Crippen LogP contribution in [0.5, 0.6) is 0 Å². The van der Waals surface area contributed by atoms with Crippen LogP contribution in [0, 0.1) is 11.6 Å². The summed E-state index contributed by atoms with van der Waals surface area (Å²) in [7, 11) is 1.58. The minimum atomic E-state index is -0.914. The topological polar surface area (TPSA) is 46.3 Å². The fourth-order valence-corrected chi connectivity index (χ4v) is 1.45. The molecule has 1 amide bonds. The smallest absolute Gasteiger partial charge is 0.239 e. The van der Waals surface area contributed by atoms with Crippen molar-refractivity contribution in [2.24, 2.45) is 5.73 Å². The molecule has 1 atom stereocenters. The van der Waals surface area contributed by atoms with Gasteiger partial charge in [-0.3, -0.25) is 4.79 Å². The molecule has 0 unspecified atom stereocenters. The summed E-state index contributed by atoms with van der Waals surface area (Å²) in [5.41, 5.74) is 6.13. The van der Waals surface area contributed by atoms with Gasteiger partial charge in [-0.25, -0.2) is 8.78 Å². The van der Waals surface area contributed by atoms with E-state index in [2.05, 4.69) is 0 Å². The molecular weight excluding hydrogens is 226 g/mol. The van der Waals surface area contributed by atoms with Crippen molar-refractivity contribution in [1.82, 2.24) is 4.90 Å². The Balaban J connectivity index is 2.71. The molecule has 2 N–H and O–H groups in total. The van der Waals surface area contributed by atoms with Gasteiger partial charge in [0.15, 0.2) is 11.6 Å². The molecule has 0 aliphatic heterocycles. The molecule has 0 heterocycles. The van der Waals surface area contributed by atoms with Crippen LogP contribution >= 0.6 is 0 Å². The maximum absolute atomic E-state index is 13.0. The van der Waals surface area contributed by atoms with Gasteiger partial charge in [-0.15, -0.1) is 0 Å². The van der Waals surface area contributed by atoms with E-state index in [9.17, 15) is 13.6 Å². The summed E-state index contributed by atoms with van der Waals surface area (Å²) < 4.78 is 25.7. The van der Waals surface area contributed by atoms with Gasteiger partial charge in [0.05, 0.1) is 6.04 Å². The molecule has 0 aromatic heterocycles. The number of hydrogen-bond acceptors (Lipinski definition) is 2. The third-order valence-electron chi connectivity index (χ3n) is 2.54. The molecule has 1 rings (SSSR count). The average Bonchev–Trinajstić information content (AvgIpc) is 2.31. The molecule has 0 saturated carbocycles. The van der Waals surface area contributed by atoms with E-state index in [0.717, 1.165) is 12.1 Å². The molecule has 1 aromatic rings. The Morgan fingerprint density at radius 1 is 1.41 bits per heavy atom. The van der Waals surface area contributed by atoms with E-state index >= 15 is 0 Å². The second-order valence-corrected chi connectivity index (χ2v) is 3.96. The van der Waals surface area contributed by atoms with E-state index in [1.165, 1.54) is 11.0 Å². The highest BCUT2D eigenvalue weighted by Crippen LogP contribution is 2.11. The minimum Gasteiger partial charge on any atom is -0.340 e. The lowest BCUT2D eigenvalue weighted by Gasteiger charge is -2.20. The Morgan fingerprint density at radius 2 is 2.06 bits per heavy atom. The molecule has 0 aliphatic rings. The highest BCUT2D eigenvalue weighted by atomic mass is 19.2. The van der Waals surface area contributed by atoms with Gasteiger partial charge in [0.25, 0.3) is 0 Å². The van der Waals surface area contributed by atoms with E-state index in [-0.39, 0.29) is 12.5 Å². The molecule has 0 fully saturated rings. The molecule has 1 aromatic carbocycles. The van der Waals surface area contributed by atoms with E-state index in [0.29, 0.717) is 12.0 Å². The summed E-state index contributed by atoms with van der Waals surface area (Å²) in [4.78, 5) is 13.1. The maximum Gasteiger partial charge on any atom is 0.239 e. The minimum absolute atomic E-state index is 0.211.